The summed E-state index contributed by atoms with van der Waals surface area (Å²) in [6.45, 7) is 0. The molecule has 0 aliphatic heterocycles. The van der Waals surface area contributed by atoms with Gasteiger partial charge in [0.1, 0.15) is 6.33 Å². The van der Waals surface area contributed by atoms with Crippen molar-refractivity contribution in [1.29, 1.82) is 0 Å². The lowest BCUT2D eigenvalue weighted by Gasteiger charge is -1.91. The molecule has 0 fully saturated rings. The van der Waals surface area contributed by atoms with Crippen LogP contribution in [-0.2, 0) is 0 Å². The molecule has 0 saturated heterocycles. The van der Waals surface area contributed by atoms with E-state index in [4.69, 9.17) is 0 Å². The number of hydrogen-bond donors (Lipinski definition) is 1. The lowest BCUT2D eigenvalue weighted by atomic mass is 10.2. The fourth-order valence-corrected chi connectivity index (χ4v) is 2.21. The van der Waals surface area contributed by atoms with E-state index in [2.05, 4.69) is 38.3 Å². The minimum absolute atomic E-state index is 0.607. The van der Waals surface area contributed by atoms with Crippen LogP contribution in [-0.4, -0.2) is 24.6 Å². The third kappa shape index (κ3) is 1.76. The molecule has 0 radical (unpaired) electrons. The summed E-state index contributed by atoms with van der Waals surface area (Å²) in [6.07, 6.45) is 7.39. The van der Waals surface area contributed by atoms with Crippen molar-refractivity contribution in [2.75, 3.05) is 0 Å². The first-order valence-corrected chi connectivity index (χ1v) is 6.31. The van der Waals surface area contributed by atoms with E-state index in [1.165, 1.54) is 6.33 Å². The molecule has 0 atom stereocenters. The Bertz CT molecular complexity index is 902. The number of benzene rings is 1. The zero-order valence-electron chi connectivity index (χ0n) is 10.6. The van der Waals surface area contributed by atoms with Gasteiger partial charge in [0.15, 0.2) is 0 Å². The number of nitrogens with zero attached hydrogens (tertiary/aromatic N) is 4. The van der Waals surface area contributed by atoms with Gasteiger partial charge >= 0.3 is 0 Å². The molecule has 0 unspecified atom stereocenters. The maximum absolute atomic E-state index is 4.23. The Hall–Kier alpha value is -2.95. The maximum Gasteiger partial charge on any atom is 0.252 e. The van der Waals surface area contributed by atoms with Crippen molar-refractivity contribution >= 4 is 29.0 Å². The number of rotatable bonds is 2. The van der Waals surface area contributed by atoms with E-state index in [0.29, 0.717) is 5.78 Å². The molecule has 3 heterocycles. The van der Waals surface area contributed by atoms with Gasteiger partial charge in [0.05, 0.1) is 17.2 Å². The molecule has 0 spiro atoms. The first kappa shape index (κ1) is 10.9. The summed E-state index contributed by atoms with van der Waals surface area (Å²) in [5.41, 5.74) is 4.08. The number of aromatic amines is 1. The summed E-state index contributed by atoms with van der Waals surface area (Å²) in [7, 11) is 0. The molecule has 1 N–H and O–H groups in total. The molecule has 1 aromatic carbocycles. The number of hydrogen-bond acceptors (Lipinski definition) is 3. The summed E-state index contributed by atoms with van der Waals surface area (Å²) >= 11 is 0. The third-order valence-corrected chi connectivity index (χ3v) is 3.17. The lowest BCUT2D eigenvalue weighted by molar-refractivity contribution is 0.984. The number of H-pyrrole nitrogens is 1. The van der Waals surface area contributed by atoms with E-state index < -0.39 is 0 Å². The Kier molecular flexibility index (Phi) is 2.35. The van der Waals surface area contributed by atoms with E-state index in [0.717, 1.165) is 22.3 Å². The van der Waals surface area contributed by atoms with E-state index in [9.17, 15) is 0 Å². The maximum atomic E-state index is 4.23. The van der Waals surface area contributed by atoms with Crippen LogP contribution in [0.25, 0.3) is 29.0 Å². The second-order valence-electron chi connectivity index (χ2n) is 4.50. The van der Waals surface area contributed by atoms with Crippen LogP contribution < -0.4 is 0 Å². The number of aromatic nitrogens is 5. The van der Waals surface area contributed by atoms with Gasteiger partial charge in [-0.15, -0.1) is 0 Å². The Morgan fingerprint density at radius 2 is 1.95 bits per heavy atom. The van der Waals surface area contributed by atoms with Gasteiger partial charge in [-0.2, -0.15) is 14.6 Å². The first-order chi connectivity index (χ1) is 9.90. The molecule has 4 aromatic rings. The van der Waals surface area contributed by atoms with Gasteiger partial charge < -0.3 is 4.98 Å². The van der Waals surface area contributed by atoms with Crippen LogP contribution in [0.2, 0.25) is 0 Å². The van der Waals surface area contributed by atoms with Crippen LogP contribution in [0.3, 0.4) is 0 Å². The molecule has 20 heavy (non-hydrogen) atoms. The van der Waals surface area contributed by atoms with E-state index in [1.54, 1.807) is 10.7 Å². The van der Waals surface area contributed by atoms with Gasteiger partial charge in [-0.3, -0.25) is 0 Å². The molecule has 5 heteroatoms. The second kappa shape index (κ2) is 4.31. The fourth-order valence-electron chi connectivity index (χ4n) is 2.21. The van der Waals surface area contributed by atoms with Gasteiger partial charge in [0.25, 0.3) is 5.78 Å². The SMILES string of the molecule is C(=Cc1cc2c(cnc3ncnn32)[nH]1)c1ccccc1. The number of fused-ring (bicyclic) bond motifs is 3. The van der Waals surface area contributed by atoms with Gasteiger partial charge in [-0.25, -0.2) is 4.98 Å². The van der Waals surface area contributed by atoms with Crippen LogP contribution in [0.15, 0.2) is 48.9 Å². The minimum atomic E-state index is 0.607. The molecule has 0 aliphatic rings. The van der Waals surface area contributed by atoms with Gasteiger partial charge in [0.2, 0.25) is 0 Å². The molecular formula is C15H11N5. The molecule has 0 aliphatic carbocycles. The highest BCUT2D eigenvalue weighted by Crippen LogP contribution is 2.16. The standard InChI is InChI=1S/C15H11N5/c1-2-4-11(5-3-1)6-7-12-8-14-13(19-12)9-16-15-17-10-18-20(14)15/h1-10,19H. The highest BCUT2D eigenvalue weighted by Gasteiger charge is 2.05. The Balaban J connectivity index is 1.79. The second-order valence-corrected chi connectivity index (χ2v) is 4.50. The summed E-state index contributed by atoms with van der Waals surface area (Å²) in [5.74, 6) is 0.607. The van der Waals surface area contributed by atoms with Crippen molar-refractivity contribution in [3.63, 3.8) is 0 Å². The minimum Gasteiger partial charge on any atom is -0.352 e. The highest BCUT2D eigenvalue weighted by molar-refractivity contribution is 5.82. The zero-order valence-corrected chi connectivity index (χ0v) is 10.6. The predicted molar refractivity (Wildman–Crippen MR) is 78.0 cm³/mol. The summed E-state index contributed by atoms with van der Waals surface area (Å²) in [4.78, 5) is 11.6. The molecule has 4 rings (SSSR count). The third-order valence-electron chi connectivity index (χ3n) is 3.17. The summed E-state index contributed by atoms with van der Waals surface area (Å²) < 4.78 is 1.73. The quantitative estimate of drug-likeness (QED) is 0.603. The van der Waals surface area contributed by atoms with Gasteiger partial charge in [-0.1, -0.05) is 36.4 Å². The van der Waals surface area contributed by atoms with Crippen molar-refractivity contribution in [3.8, 4) is 0 Å². The fraction of sp³-hybridized carbons (Fsp3) is 0. The van der Waals surface area contributed by atoms with Crippen LogP contribution in [0.5, 0.6) is 0 Å². The lowest BCUT2D eigenvalue weighted by Crippen LogP contribution is -1.90. The van der Waals surface area contributed by atoms with Gasteiger partial charge in [-0.05, 0) is 17.7 Å². The van der Waals surface area contributed by atoms with Crippen LogP contribution in [0.1, 0.15) is 11.3 Å². The predicted octanol–water partition coefficient (Wildman–Crippen LogP) is 2.78. The van der Waals surface area contributed by atoms with Crippen molar-refractivity contribution < 1.29 is 0 Å². The Morgan fingerprint density at radius 3 is 2.85 bits per heavy atom. The molecule has 0 saturated carbocycles. The molecule has 3 aromatic heterocycles. The highest BCUT2D eigenvalue weighted by atomic mass is 15.3. The first-order valence-electron chi connectivity index (χ1n) is 6.31. The van der Waals surface area contributed by atoms with E-state index >= 15 is 0 Å². The monoisotopic (exact) mass is 261 g/mol. The zero-order chi connectivity index (χ0) is 13.4. The topological polar surface area (TPSA) is 58.9 Å². The smallest absolute Gasteiger partial charge is 0.252 e. The van der Waals surface area contributed by atoms with Crippen molar-refractivity contribution in [1.82, 2.24) is 24.6 Å². The molecule has 5 nitrogen and oxygen atoms in total. The average molecular weight is 261 g/mol. The van der Waals surface area contributed by atoms with Gasteiger partial charge in [0, 0.05) is 5.69 Å². The van der Waals surface area contributed by atoms with Crippen LogP contribution in [0.4, 0.5) is 0 Å². The van der Waals surface area contributed by atoms with Crippen molar-refractivity contribution in [2.45, 2.75) is 0 Å². The Labute approximate surface area is 114 Å². The molecule has 96 valence electrons. The summed E-state index contributed by atoms with van der Waals surface area (Å²) in [5, 5.41) is 4.18. The molecule has 0 bridgehead atoms. The van der Waals surface area contributed by atoms with Crippen molar-refractivity contribution in [2.24, 2.45) is 0 Å². The largest absolute Gasteiger partial charge is 0.352 e. The number of nitrogens with one attached hydrogen (secondary N) is 1. The molecule has 0 amide bonds. The van der Waals surface area contributed by atoms with Crippen molar-refractivity contribution in [3.05, 3.63) is 60.2 Å². The molecular weight excluding hydrogens is 250 g/mol. The average Bonchev–Trinajstić information content (AvgIpc) is 3.11. The summed E-state index contributed by atoms with van der Waals surface area (Å²) in [6, 6.07) is 12.2. The van der Waals surface area contributed by atoms with Crippen LogP contribution >= 0.6 is 0 Å². The normalized spacial score (nSPS) is 11.8. The van der Waals surface area contributed by atoms with Crippen LogP contribution in [0, 0.1) is 0 Å². The van der Waals surface area contributed by atoms with E-state index in [-0.39, 0.29) is 0 Å². The van der Waals surface area contributed by atoms with E-state index in [1.807, 2.05) is 30.3 Å². The Morgan fingerprint density at radius 1 is 1.05 bits per heavy atom.